The average Bonchev–Trinajstić information content (AvgIpc) is 3.22. The van der Waals surface area contributed by atoms with Crippen molar-refractivity contribution in [2.24, 2.45) is 0 Å². The summed E-state index contributed by atoms with van der Waals surface area (Å²) in [4.78, 5) is 41.2. The van der Waals surface area contributed by atoms with E-state index < -0.39 is 10.3 Å². The van der Waals surface area contributed by atoms with E-state index in [1.54, 1.807) is 41.0 Å². The zero-order valence-electron chi connectivity index (χ0n) is 21.0. The number of carbonyl (C=O) groups is 2. The highest BCUT2D eigenvalue weighted by Gasteiger charge is 2.47. The summed E-state index contributed by atoms with van der Waals surface area (Å²) in [5, 5.41) is 14.5. The number of likely N-dealkylation sites (tertiary alicyclic amines) is 1. The molecule has 38 heavy (non-hydrogen) atoms. The minimum atomic E-state index is -0.496. The Bertz CT molecular complexity index is 1450. The van der Waals surface area contributed by atoms with E-state index >= 15 is 0 Å². The van der Waals surface area contributed by atoms with E-state index in [1.165, 1.54) is 18.2 Å². The third kappa shape index (κ3) is 4.42. The molecule has 1 spiro atoms. The molecule has 196 valence electrons. The van der Waals surface area contributed by atoms with Crippen LogP contribution in [-0.4, -0.2) is 48.3 Å². The van der Waals surface area contributed by atoms with E-state index in [-0.39, 0.29) is 28.9 Å². The van der Waals surface area contributed by atoms with Crippen molar-refractivity contribution in [3.63, 3.8) is 0 Å². The van der Waals surface area contributed by atoms with Gasteiger partial charge in [0, 0.05) is 70.7 Å². The number of nitro groups is 1. The van der Waals surface area contributed by atoms with Crippen molar-refractivity contribution in [1.82, 2.24) is 4.90 Å². The van der Waals surface area contributed by atoms with Crippen molar-refractivity contribution in [3.8, 4) is 0 Å². The Balaban J connectivity index is 1.40. The van der Waals surface area contributed by atoms with Gasteiger partial charge >= 0.3 is 0 Å². The van der Waals surface area contributed by atoms with Crippen LogP contribution in [0.3, 0.4) is 0 Å². The molecule has 2 aliphatic rings. The van der Waals surface area contributed by atoms with Crippen LogP contribution in [0.1, 0.15) is 44.7 Å². The van der Waals surface area contributed by atoms with E-state index in [0.29, 0.717) is 53.8 Å². The number of anilines is 2. The predicted octanol–water partition coefficient (Wildman–Crippen LogP) is 5.68. The Morgan fingerprint density at radius 3 is 2.34 bits per heavy atom. The summed E-state index contributed by atoms with van der Waals surface area (Å²) in [5.41, 5.74) is 2.98. The van der Waals surface area contributed by atoms with Crippen molar-refractivity contribution in [3.05, 3.63) is 97.3 Å². The molecular formula is C28H26BrFN4O4. The summed E-state index contributed by atoms with van der Waals surface area (Å²) in [6.07, 6.45) is 1.07. The quantitative estimate of drug-likeness (QED) is 0.316. The largest absolute Gasteiger partial charge is 0.388 e. The molecule has 2 aliphatic heterocycles. The smallest absolute Gasteiger partial charge is 0.274 e. The molecule has 3 aromatic carbocycles. The van der Waals surface area contributed by atoms with Crippen LogP contribution in [-0.2, 0) is 5.41 Å². The molecule has 0 saturated carbocycles. The van der Waals surface area contributed by atoms with E-state index in [2.05, 4.69) is 21.2 Å². The lowest BCUT2D eigenvalue weighted by atomic mass is 9.74. The molecular weight excluding hydrogens is 555 g/mol. The Morgan fingerprint density at radius 2 is 1.71 bits per heavy atom. The molecule has 0 bridgehead atoms. The van der Waals surface area contributed by atoms with Gasteiger partial charge in [0.2, 0.25) is 0 Å². The van der Waals surface area contributed by atoms with E-state index in [4.69, 9.17) is 0 Å². The number of halogens is 2. The average molecular weight is 581 g/mol. The van der Waals surface area contributed by atoms with Crippen molar-refractivity contribution in [1.29, 1.82) is 0 Å². The van der Waals surface area contributed by atoms with E-state index in [9.17, 15) is 24.1 Å². The van der Waals surface area contributed by atoms with Gasteiger partial charge in [-0.3, -0.25) is 19.7 Å². The topological polar surface area (TPSA) is 95.8 Å². The number of nitrogens with zero attached hydrogens (tertiary/aromatic N) is 3. The first-order chi connectivity index (χ1) is 18.1. The molecule has 1 N–H and O–H groups in total. The fraction of sp³-hybridized carbons (Fsp3) is 0.286. The number of fused-ring (bicyclic) bond motifs is 2. The molecule has 0 atom stereocenters. The third-order valence-electron chi connectivity index (χ3n) is 7.72. The summed E-state index contributed by atoms with van der Waals surface area (Å²) < 4.78 is 14.9. The summed E-state index contributed by atoms with van der Waals surface area (Å²) in [6.45, 7) is 2.78. The van der Waals surface area contributed by atoms with Gasteiger partial charge in [0.25, 0.3) is 17.5 Å². The molecule has 8 nitrogen and oxygen atoms in total. The van der Waals surface area contributed by atoms with Gasteiger partial charge in [-0.2, -0.15) is 0 Å². The second-order valence-electron chi connectivity index (χ2n) is 9.81. The number of nitrogens with one attached hydrogen (secondary N) is 1. The highest BCUT2D eigenvalue weighted by Crippen LogP contribution is 2.48. The second-order valence-corrected chi connectivity index (χ2v) is 10.7. The maximum atomic E-state index is 14.4. The number of piperidine rings is 1. The minimum Gasteiger partial charge on any atom is -0.388 e. The highest BCUT2D eigenvalue weighted by atomic mass is 79.9. The fourth-order valence-corrected chi connectivity index (χ4v) is 5.93. The van der Waals surface area contributed by atoms with Gasteiger partial charge in [-0.05, 0) is 73.9 Å². The molecule has 2 heterocycles. The van der Waals surface area contributed by atoms with Crippen LogP contribution >= 0.6 is 15.9 Å². The molecule has 10 heteroatoms. The van der Waals surface area contributed by atoms with Gasteiger partial charge in [0.15, 0.2) is 0 Å². The number of hydrogen-bond donors (Lipinski definition) is 1. The Kier molecular flexibility index (Phi) is 6.68. The Morgan fingerprint density at radius 1 is 1.03 bits per heavy atom. The zero-order valence-corrected chi connectivity index (χ0v) is 22.5. The zero-order chi connectivity index (χ0) is 27.2. The van der Waals surface area contributed by atoms with Gasteiger partial charge in [-0.25, -0.2) is 4.39 Å². The van der Waals surface area contributed by atoms with Gasteiger partial charge < -0.3 is 15.1 Å². The van der Waals surface area contributed by atoms with E-state index in [1.807, 2.05) is 19.2 Å². The predicted molar refractivity (Wildman–Crippen MR) is 146 cm³/mol. The lowest BCUT2D eigenvalue weighted by molar-refractivity contribution is -0.385. The summed E-state index contributed by atoms with van der Waals surface area (Å²) in [7, 11) is 1.81. The monoisotopic (exact) mass is 580 g/mol. The number of rotatable bonds is 4. The molecule has 0 aliphatic carbocycles. The molecule has 5 rings (SSSR count). The highest BCUT2D eigenvalue weighted by molar-refractivity contribution is 9.10. The fourth-order valence-electron chi connectivity index (χ4n) is 5.48. The van der Waals surface area contributed by atoms with Gasteiger partial charge in [-0.1, -0.05) is 15.9 Å². The second kappa shape index (κ2) is 9.83. The maximum absolute atomic E-state index is 14.4. The van der Waals surface area contributed by atoms with Crippen LogP contribution in [0.25, 0.3) is 0 Å². The summed E-state index contributed by atoms with van der Waals surface area (Å²) in [5.74, 6) is -0.822. The van der Waals surface area contributed by atoms with Crippen molar-refractivity contribution < 1.29 is 18.9 Å². The van der Waals surface area contributed by atoms with Gasteiger partial charge in [-0.15, -0.1) is 0 Å². The first kappa shape index (κ1) is 25.8. The van der Waals surface area contributed by atoms with Gasteiger partial charge in [0.1, 0.15) is 5.82 Å². The molecule has 1 fully saturated rings. The van der Waals surface area contributed by atoms with Crippen LogP contribution in [0.5, 0.6) is 0 Å². The van der Waals surface area contributed by atoms with E-state index in [0.717, 1.165) is 11.3 Å². The minimum absolute atomic E-state index is 0.117. The molecule has 0 radical (unpaired) electrons. The lowest BCUT2D eigenvalue weighted by Crippen LogP contribution is -2.47. The molecule has 1 saturated heterocycles. The van der Waals surface area contributed by atoms with Crippen molar-refractivity contribution in [2.75, 3.05) is 36.9 Å². The summed E-state index contributed by atoms with van der Waals surface area (Å²) in [6, 6.07) is 14.6. The van der Waals surface area contributed by atoms with Crippen LogP contribution < -0.4 is 10.2 Å². The van der Waals surface area contributed by atoms with Crippen molar-refractivity contribution >= 4 is 44.8 Å². The van der Waals surface area contributed by atoms with Gasteiger partial charge in [0.05, 0.1) is 4.92 Å². The van der Waals surface area contributed by atoms with Crippen LogP contribution in [0.2, 0.25) is 0 Å². The third-order valence-corrected chi connectivity index (χ3v) is 8.54. The first-order valence-corrected chi connectivity index (χ1v) is 13.1. The number of nitro benzene ring substituents is 1. The lowest BCUT2D eigenvalue weighted by Gasteiger charge is -2.40. The van der Waals surface area contributed by atoms with Crippen LogP contribution in [0.15, 0.2) is 59.1 Å². The number of benzene rings is 3. The SMILES string of the molecule is CNc1ccc(C(=O)N2CC3(CCN(C(=O)c4cc(Br)c(C)c([N+](=O)[O-])c4)CC3)c3cc(F)ccc32)cc1. The Hall–Kier alpha value is -3.79. The molecule has 2 amide bonds. The van der Waals surface area contributed by atoms with Crippen molar-refractivity contribution in [2.45, 2.75) is 25.2 Å². The van der Waals surface area contributed by atoms with Crippen LogP contribution in [0.4, 0.5) is 21.5 Å². The molecule has 3 aromatic rings. The van der Waals surface area contributed by atoms with Crippen LogP contribution in [0, 0.1) is 22.9 Å². The normalized spacial score (nSPS) is 15.9. The standard InChI is InChI=1S/C28H26BrFN4O4/c1-17-23(29)13-19(14-25(17)34(37)38)26(35)32-11-9-28(10-12-32)16-33(24-8-5-20(30)15-22(24)28)27(36)18-3-6-21(31-2)7-4-18/h3-8,13-15,31H,9-12,16H2,1-2H3. The maximum Gasteiger partial charge on any atom is 0.274 e. The molecule has 0 aromatic heterocycles. The summed E-state index contributed by atoms with van der Waals surface area (Å²) >= 11 is 3.33. The first-order valence-electron chi connectivity index (χ1n) is 12.3. The number of carbonyl (C=O) groups excluding carboxylic acids is 2. The number of amides is 2. The number of hydrogen-bond acceptors (Lipinski definition) is 5. The molecule has 0 unspecified atom stereocenters. The Labute approximate surface area is 227 Å².